The molecule has 0 radical (unpaired) electrons. The number of ketones is 2. The van der Waals surface area contributed by atoms with Gasteiger partial charge in [0, 0.05) is 17.5 Å². The second-order valence-electron chi connectivity index (χ2n) is 10.3. The fraction of sp³-hybridized carbons (Fsp3) is 0.559. The number of carbonyl (C=O) groups excluding carboxylic acids is 2. The molecule has 0 saturated carbocycles. The van der Waals surface area contributed by atoms with Crippen LogP contribution >= 0.6 is 0 Å². The summed E-state index contributed by atoms with van der Waals surface area (Å²) < 4.78 is 34.4. The Morgan fingerprint density at radius 2 is 1.09 bits per heavy atom. The number of carboxylic acid groups (broad SMARTS) is 1. The fourth-order valence-corrected chi connectivity index (χ4v) is 4.56. The number of carboxylic acids is 1. The normalized spacial score (nSPS) is 10.9. The molecule has 2 N–H and O–H groups in total. The molecule has 0 spiro atoms. The maximum Gasteiger partial charge on any atom is 0.303 e. The van der Waals surface area contributed by atoms with Crippen molar-refractivity contribution in [2.24, 2.45) is 0 Å². The van der Waals surface area contributed by atoms with Gasteiger partial charge in [0.25, 0.3) is 0 Å². The molecular formula is C34H48O11. The summed E-state index contributed by atoms with van der Waals surface area (Å²) in [6, 6.07) is 6.70. The lowest BCUT2D eigenvalue weighted by Gasteiger charge is -2.18. The van der Waals surface area contributed by atoms with Crippen LogP contribution in [0.2, 0.25) is 0 Å². The minimum atomic E-state index is -0.872. The zero-order valence-electron chi connectivity index (χ0n) is 27.0. The van der Waals surface area contributed by atoms with Crippen molar-refractivity contribution in [1.29, 1.82) is 0 Å². The largest absolute Gasteiger partial charge is 0.507 e. The lowest BCUT2D eigenvalue weighted by Crippen LogP contribution is -2.15. The number of phenolic OH excluding ortho intramolecular Hbond substituents is 1. The van der Waals surface area contributed by atoms with Crippen molar-refractivity contribution in [2.75, 3.05) is 59.5 Å². The second kappa shape index (κ2) is 21.1. The molecule has 0 fully saturated rings. The van der Waals surface area contributed by atoms with Crippen LogP contribution in [0.4, 0.5) is 0 Å². The first-order valence-electron chi connectivity index (χ1n) is 15.6. The minimum Gasteiger partial charge on any atom is -0.507 e. The molecule has 11 heteroatoms. The third-order valence-electron chi connectivity index (χ3n) is 6.71. The Bertz CT molecular complexity index is 1230. The molecule has 11 nitrogen and oxygen atoms in total. The Hall–Kier alpha value is -3.67. The number of rotatable bonds is 25. The van der Waals surface area contributed by atoms with E-state index in [0.717, 1.165) is 18.4 Å². The molecule has 0 atom stereocenters. The van der Waals surface area contributed by atoms with Crippen LogP contribution in [0.5, 0.6) is 23.0 Å². The van der Waals surface area contributed by atoms with Gasteiger partial charge in [-0.15, -0.1) is 0 Å². The van der Waals surface area contributed by atoms with E-state index in [1.54, 1.807) is 24.3 Å². The number of Topliss-reactive ketones (excluding diaryl/α,β-unsaturated/α-hetero) is 2. The van der Waals surface area contributed by atoms with Gasteiger partial charge in [-0.1, -0.05) is 26.7 Å². The Morgan fingerprint density at radius 3 is 1.62 bits per heavy atom. The van der Waals surface area contributed by atoms with Crippen molar-refractivity contribution in [3.63, 3.8) is 0 Å². The van der Waals surface area contributed by atoms with Gasteiger partial charge in [0.05, 0.1) is 57.4 Å². The van der Waals surface area contributed by atoms with Gasteiger partial charge in [-0.05, 0) is 57.4 Å². The van der Waals surface area contributed by atoms with Crippen LogP contribution in [0.1, 0.15) is 85.2 Å². The van der Waals surface area contributed by atoms with Crippen molar-refractivity contribution < 1.29 is 53.0 Å². The minimum absolute atomic E-state index is 0.0162. The third kappa shape index (κ3) is 13.1. The molecule has 0 aliphatic heterocycles. The number of carbonyl (C=O) groups is 3. The highest BCUT2D eigenvalue weighted by atomic mass is 16.6. The summed E-state index contributed by atoms with van der Waals surface area (Å²) in [7, 11) is 0. The van der Waals surface area contributed by atoms with Crippen LogP contribution in [-0.4, -0.2) is 87.2 Å². The molecule has 2 aromatic carbocycles. The molecule has 2 aromatic rings. The summed E-state index contributed by atoms with van der Waals surface area (Å²) in [4.78, 5) is 34.8. The summed E-state index contributed by atoms with van der Waals surface area (Å²) in [6.07, 6.45) is 3.27. The van der Waals surface area contributed by atoms with E-state index >= 15 is 0 Å². The number of aliphatic carboxylic acids is 1. The first-order chi connectivity index (χ1) is 21.7. The zero-order valence-corrected chi connectivity index (χ0v) is 27.0. The van der Waals surface area contributed by atoms with E-state index in [2.05, 4.69) is 0 Å². The van der Waals surface area contributed by atoms with Gasteiger partial charge >= 0.3 is 5.97 Å². The Labute approximate surface area is 265 Å². The summed E-state index contributed by atoms with van der Waals surface area (Å²) in [5.41, 5.74) is 2.18. The Balaban J connectivity index is 1.67. The van der Waals surface area contributed by atoms with Gasteiger partial charge in [-0.3, -0.25) is 14.4 Å². The van der Waals surface area contributed by atoms with Gasteiger partial charge in [0.1, 0.15) is 36.2 Å². The molecule has 0 unspecified atom stereocenters. The second-order valence-corrected chi connectivity index (χ2v) is 10.3. The van der Waals surface area contributed by atoms with E-state index in [1.165, 1.54) is 13.8 Å². The van der Waals surface area contributed by atoms with Crippen molar-refractivity contribution in [2.45, 2.75) is 66.2 Å². The maximum absolute atomic E-state index is 12.3. The highest BCUT2D eigenvalue weighted by Gasteiger charge is 2.19. The number of hydrogen-bond donors (Lipinski definition) is 2. The highest BCUT2D eigenvalue weighted by Crippen LogP contribution is 2.35. The van der Waals surface area contributed by atoms with Crippen molar-refractivity contribution in [3.05, 3.63) is 46.5 Å². The van der Waals surface area contributed by atoms with Crippen LogP contribution < -0.4 is 14.2 Å². The monoisotopic (exact) mass is 632 g/mol. The van der Waals surface area contributed by atoms with Crippen LogP contribution in [0, 0.1) is 0 Å². The Morgan fingerprint density at radius 1 is 0.622 bits per heavy atom. The van der Waals surface area contributed by atoms with E-state index < -0.39 is 5.97 Å². The molecular weight excluding hydrogens is 584 g/mol. The summed E-state index contributed by atoms with van der Waals surface area (Å²) in [6.45, 7) is 9.85. The van der Waals surface area contributed by atoms with E-state index in [9.17, 15) is 19.5 Å². The first-order valence-corrected chi connectivity index (χ1v) is 15.6. The van der Waals surface area contributed by atoms with Gasteiger partial charge in [0.2, 0.25) is 0 Å². The average molecular weight is 633 g/mol. The molecule has 0 aliphatic rings. The Kier molecular flexibility index (Phi) is 17.6. The molecule has 45 heavy (non-hydrogen) atoms. The quantitative estimate of drug-likeness (QED) is 0.106. The standard InChI is InChI=1S/C34H48O11/c1-5-8-28-30(13-11-26(24(3)35)33(28)39)44-22-20-41-18-16-40-17-19-42-21-23-45-34-27(25(4)36)12-14-31(29(34)9-6-2)43-15-7-10-32(37)38/h11-14,39H,5-10,15-23H2,1-4H3,(H,37,38). The number of ether oxygens (including phenoxy) is 6. The smallest absolute Gasteiger partial charge is 0.303 e. The molecule has 2 rings (SSSR count). The number of phenols is 1. The lowest BCUT2D eigenvalue weighted by atomic mass is 10.0. The number of aromatic hydroxyl groups is 1. The van der Waals surface area contributed by atoms with Crippen LogP contribution in [-0.2, 0) is 31.8 Å². The van der Waals surface area contributed by atoms with Crippen LogP contribution in [0.3, 0.4) is 0 Å². The summed E-state index contributed by atoms with van der Waals surface area (Å²) in [5.74, 6) is 0.422. The molecule has 0 bridgehead atoms. The van der Waals surface area contributed by atoms with Crippen LogP contribution in [0.15, 0.2) is 24.3 Å². The molecule has 250 valence electrons. The predicted molar refractivity (Wildman–Crippen MR) is 168 cm³/mol. The van der Waals surface area contributed by atoms with E-state index in [1.807, 2.05) is 13.8 Å². The van der Waals surface area contributed by atoms with Gasteiger partial charge in [-0.2, -0.15) is 0 Å². The van der Waals surface area contributed by atoms with Crippen molar-refractivity contribution >= 4 is 17.5 Å². The topological polar surface area (TPSA) is 147 Å². The van der Waals surface area contributed by atoms with E-state index in [-0.39, 0.29) is 37.0 Å². The average Bonchev–Trinajstić information content (AvgIpc) is 2.99. The molecule has 0 amide bonds. The molecule has 0 aliphatic carbocycles. The number of hydrogen-bond acceptors (Lipinski definition) is 10. The van der Waals surface area contributed by atoms with E-state index in [4.69, 9.17) is 33.5 Å². The maximum atomic E-state index is 12.3. The summed E-state index contributed by atoms with van der Waals surface area (Å²) >= 11 is 0. The fourth-order valence-electron chi connectivity index (χ4n) is 4.56. The third-order valence-corrected chi connectivity index (χ3v) is 6.71. The van der Waals surface area contributed by atoms with Gasteiger partial charge in [-0.25, -0.2) is 0 Å². The predicted octanol–water partition coefficient (Wildman–Crippen LogP) is 5.45. The van der Waals surface area contributed by atoms with Crippen molar-refractivity contribution in [1.82, 2.24) is 0 Å². The van der Waals surface area contributed by atoms with Crippen molar-refractivity contribution in [3.8, 4) is 23.0 Å². The summed E-state index contributed by atoms with van der Waals surface area (Å²) in [5, 5.41) is 19.3. The SMILES string of the molecule is CCCc1c(OCCOCCOCCOCCOc2c(C(C)=O)ccc(OCCCC(=O)O)c2CCC)ccc(C(C)=O)c1O. The van der Waals surface area contributed by atoms with E-state index in [0.29, 0.717) is 99.4 Å². The lowest BCUT2D eigenvalue weighted by molar-refractivity contribution is -0.137. The molecule has 0 aromatic heterocycles. The van der Waals surface area contributed by atoms with Crippen LogP contribution in [0.25, 0.3) is 0 Å². The van der Waals surface area contributed by atoms with Gasteiger partial charge in [0.15, 0.2) is 11.6 Å². The first kappa shape index (κ1) is 37.5. The molecule has 0 heterocycles. The zero-order chi connectivity index (χ0) is 33.0. The van der Waals surface area contributed by atoms with Gasteiger partial charge < -0.3 is 38.6 Å². The highest BCUT2D eigenvalue weighted by molar-refractivity contribution is 5.98. The molecule has 0 saturated heterocycles. The number of benzene rings is 2.